The monoisotopic (exact) mass is 287 g/mol. The lowest BCUT2D eigenvalue weighted by Gasteiger charge is -2.32. The molecule has 5 nitrogen and oxygen atoms in total. The van der Waals surface area contributed by atoms with Crippen molar-refractivity contribution in [3.05, 3.63) is 0 Å². The number of carbonyl (C=O) groups excluding carboxylic acids is 2. The van der Waals surface area contributed by atoms with Crippen LogP contribution in [-0.4, -0.2) is 29.8 Å². The molecule has 0 aliphatic heterocycles. The molecule has 2 unspecified atom stereocenters. The second-order valence-electron chi connectivity index (χ2n) is 7.10. The molecular weight excluding hydrogens is 258 g/mol. The Morgan fingerprint density at radius 2 is 1.60 bits per heavy atom. The minimum absolute atomic E-state index is 0.186. The van der Waals surface area contributed by atoms with E-state index in [1.165, 1.54) is 0 Å². The van der Waals surface area contributed by atoms with Gasteiger partial charge in [-0.05, 0) is 39.5 Å². The van der Waals surface area contributed by atoms with Crippen LogP contribution in [0.5, 0.6) is 0 Å². The zero-order chi connectivity index (χ0) is 16.1. The van der Waals surface area contributed by atoms with Gasteiger partial charge in [0.25, 0.3) is 0 Å². The average molecular weight is 287 g/mol. The van der Waals surface area contributed by atoms with Gasteiger partial charge in [0.2, 0.25) is 0 Å². The third kappa shape index (κ3) is 7.36. The maximum atomic E-state index is 12.2. The molecule has 0 saturated carbocycles. The van der Waals surface area contributed by atoms with E-state index in [1.807, 2.05) is 27.7 Å². The standard InChI is InChI=1S/C15H29NO4/c1-9-10(2)19-13(18)16-11(14(3,4)5)12(17)20-15(6,7)8/h10-11H,9H2,1-8H3,(H,16,18). The van der Waals surface area contributed by atoms with Crippen LogP contribution in [0.3, 0.4) is 0 Å². The molecular formula is C15H29NO4. The van der Waals surface area contributed by atoms with Gasteiger partial charge in [0.15, 0.2) is 0 Å². The lowest BCUT2D eigenvalue weighted by atomic mass is 9.86. The van der Waals surface area contributed by atoms with Gasteiger partial charge in [0.1, 0.15) is 17.7 Å². The number of rotatable bonds is 4. The van der Waals surface area contributed by atoms with Gasteiger partial charge < -0.3 is 14.8 Å². The lowest BCUT2D eigenvalue weighted by molar-refractivity contribution is -0.160. The van der Waals surface area contributed by atoms with E-state index >= 15 is 0 Å². The molecule has 2 atom stereocenters. The molecule has 0 fully saturated rings. The van der Waals surface area contributed by atoms with Gasteiger partial charge in [-0.2, -0.15) is 0 Å². The van der Waals surface area contributed by atoms with Crippen molar-refractivity contribution >= 4 is 12.1 Å². The van der Waals surface area contributed by atoms with Gasteiger partial charge in [-0.1, -0.05) is 27.7 Å². The lowest BCUT2D eigenvalue weighted by Crippen LogP contribution is -2.51. The molecule has 1 N–H and O–H groups in total. The summed E-state index contributed by atoms with van der Waals surface area (Å²) in [4.78, 5) is 24.0. The summed E-state index contributed by atoms with van der Waals surface area (Å²) >= 11 is 0. The van der Waals surface area contributed by atoms with E-state index in [-0.39, 0.29) is 6.10 Å². The van der Waals surface area contributed by atoms with Crippen LogP contribution in [0.1, 0.15) is 61.8 Å². The fourth-order valence-corrected chi connectivity index (χ4v) is 1.41. The van der Waals surface area contributed by atoms with Crippen molar-refractivity contribution in [2.75, 3.05) is 0 Å². The Balaban J connectivity index is 4.84. The topological polar surface area (TPSA) is 64.6 Å². The van der Waals surface area contributed by atoms with E-state index in [9.17, 15) is 9.59 Å². The summed E-state index contributed by atoms with van der Waals surface area (Å²) in [5, 5.41) is 2.61. The third-order valence-corrected chi connectivity index (χ3v) is 2.65. The molecule has 0 aliphatic carbocycles. The van der Waals surface area contributed by atoms with Crippen LogP contribution in [0, 0.1) is 5.41 Å². The van der Waals surface area contributed by atoms with Crippen LogP contribution < -0.4 is 5.32 Å². The molecule has 0 aromatic rings. The van der Waals surface area contributed by atoms with Crippen molar-refractivity contribution in [1.29, 1.82) is 0 Å². The Bertz CT molecular complexity index is 339. The number of alkyl carbamates (subject to hydrolysis) is 1. The maximum Gasteiger partial charge on any atom is 0.408 e. The van der Waals surface area contributed by atoms with Crippen LogP contribution in [0.15, 0.2) is 0 Å². The van der Waals surface area contributed by atoms with Crippen molar-refractivity contribution < 1.29 is 19.1 Å². The first-order valence-electron chi connectivity index (χ1n) is 7.07. The Morgan fingerprint density at radius 3 is 1.95 bits per heavy atom. The third-order valence-electron chi connectivity index (χ3n) is 2.65. The molecule has 0 spiro atoms. The highest BCUT2D eigenvalue weighted by Gasteiger charge is 2.36. The summed E-state index contributed by atoms with van der Waals surface area (Å²) in [6.45, 7) is 14.7. The normalized spacial score (nSPS) is 15.2. The fourth-order valence-electron chi connectivity index (χ4n) is 1.41. The van der Waals surface area contributed by atoms with Crippen LogP contribution >= 0.6 is 0 Å². The molecule has 1 amide bonds. The Labute approximate surface area is 122 Å². The van der Waals surface area contributed by atoms with Crippen LogP contribution in [0.25, 0.3) is 0 Å². The predicted molar refractivity (Wildman–Crippen MR) is 78.5 cm³/mol. The summed E-state index contributed by atoms with van der Waals surface area (Å²) in [6.07, 6.45) is -0.0561. The van der Waals surface area contributed by atoms with E-state index in [0.717, 1.165) is 6.42 Å². The largest absolute Gasteiger partial charge is 0.458 e. The maximum absolute atomic E-state index is 12.2. The SMILES string of the molecule is CCC(C)OC(=O)NC(C(=O)OC(C)(C)C)C(C)(C)C. The summed E-state index contributed by atoms with van der Waals surface area (Å²) < 4.78 is 10.5. The molecule has 0 bridgehead atoms. The Hall–Kier alpha value is -1.26. The molecule has 0 aliphatic rings. The molecule has 20 heavy (non-hydrogen) atoms. The van der Waals surface area contributed by atoms with Gasteiger partial charge in [0, 0.05) is 0 Å². The predicted octanol–water partition coefficient (Wildman–Crippen LogP) is 3.27. The van der Waals surface area contributed by atoms with Gasteiger partial charge in [-0.3, -0.25) is 0 Å². The highest BCUT2D eigenvalue weighted by atomic mass is 16.6. The van der Waals surface area contributed by atoms with E-state index in [0.29, 0.717) is 0 Å². The number of amides is 1. The summed E-state index contributed by atoms with van der Waals surface area (Å²) in [7, 11) is 0. The highest BCUT2D eigenvalue weighted by Crippen LogP contribution is 2.22. The first kappa shape index (κ1) is 18.7. The van der Waals surface area contributed by atoms with E-state index in [4.69, 9.17) is 9.47 Å². The smallest absolute Gasteiger partial charge is 0.408 e. The second kappa shape index (κ2) is 6.95. The minimum atomic E-state index is -0.752. The van der Waals surface area contributed by atoms with E-state index < -0.39 is 29.1 Å². The van der Waals surface area contributed by atoms with Crippen LogP contribution in [0.4, 0.5) is 4.79 Å². The number of hydrogen-bond donors (Lipinski definition) is 1. The molecule has 5 heteroatoms. The molecule has 0 aromatic carbocycles. The number of hydrogen-bond acceptors (Lipinski definition) is 4. The molecule has 0 rings (SSSR count). The van der Waals surface area contributed by atoms with Gasteiger partial charge in [-0.25, -0.2) is 9.59 Å². The number of ether oxygens (including phenoxy) is 2. The van der Waals surface area contributed by atoms with Gasteiger partial charge in [-0.15, -0.1) is 0 Å². The zero-order valence-corrected chi connectivity index (χ0v) is 14.0. The number of esters is 1. The number of carbonyl (C=O) groups is 2. The molecule has 0 saturated heterocycles. The van der Waals surface area contributed by atoms with Crippen molar-refractivity contribution in [3.63, 3.8) is 0 Å². The molecule has 0 aromatic heterocycles. The van der Waals surface area contributed by atoms with E-state index in [1.54, 1.807) is 27.7 Å². The highest BCUT2D eigenvalue weighted by molar-refractivity contribution is 5.82. The summed E-state index contributed by atoms with van der Waals surface area (Å²) in [6, 6.07) is -0.752. The first-order chi connectivity index (χ1) is 8.86. The summed E-state index contributed by atoms with van der Waals surface area (Å²) in [5.74, 6) is -0.453. The van der Waals surface area contributed by atoms with Gasteiger partial charge in [0.05, 0.1) is 0 Å². The van der Waals surface area contributed by atoms with Crippen molar-refractivity contribution in [1.82, 2.24) is 5.32 Å². The Morgan fingerprint density at radius 1 is 1.10 bits per heavy atom. The average Bonchev–Trinajstić information content (AvgIpc) is 2.21. The zero-order valence-electron chi connectivity index (χ0n) is 14.0. The summed E-state index contributed by atoms with van der Waals surface area (Å²) in [5.41, 5.74) is -1.06. The quantitative estimate of drug-likeness (QED) is 0.806. The Kier molecular flexibility index (Phi) is 6.51. The second-order valence-corrected chi connectivity index (χ2v) is 7.10. The molecule has 0 heterocycles. The van der Waals surface area contributed by atoms with Gasteiger partial charge >= 0.3 is 12.1 Å². The molecule has 0 radical (unpaired) electrons. The van der Waals surface area contributed by atoms with E-state index in [2.05, 4.69) is 5.32 Å². The van der Waals surface area contributed by atoms with Crippen LogP contribution in [0.2, 0.25) is 0 Å². The van der Waals surface area contributed by atoms with Crippen molar-refractivity contribution in [2.24, 2.45) is 5.41 Å². The first-order valence-corrected chi connectivity index (χ1v) is 7.07. The van der Waals surface area contributed by atoms with Crippen molar-refractivity contribution in [3.8, 4) is 0 Å². The number of nitrogens with one attached hydrogen (secondary N) is 1. The van der Waals surface area contributed by atoms with Crippen molar-refractivity contribution in [2.45, 2.75) is 79.6 Å². The van der Waals surface area contributed by atoms with Crippen LogP contribution in [-0.2, 0) is 14.3 Å². The molecule has 118 valence electrons. The fraction of sp³-hybridized carbons (Fsp3) is 0.867. The minimum Gasteiger partial charge on any atom is -0.458 e.